The molecule has 1 N–H and O–H groups in total. The third kappa shape index (κ3) is 2.85. The average Bonchev–Trinajstić information content (AvgIpc) is 3.36. The number of carbonyl (C=O) groups excluding carboxylic acids is 1. The zero-order chi connectivity index (χ0) is 18.3. The van der Waals surface area contributed by atoms with Crippen LogP contribution in [-0.4, -0.2) is 25.7 Å². The largest absolute Gasteiger partial charge is 0.323 e. The molecule has 3 aromatic rings. The van der Waals surface area contributed by atoms with E-state index in [0.717, 1.165) is 29.8 Å². The standard InChI is InChI=1S/C19H18FN5O/c1-12-9-13(2)25(24-12)18-21-10-16(11-22-18)23-17(26)19(7-8-19)14-3-5-15(20)6-4-14/h3-6,9-11H,7-8H2,1-2H3,(H,23,26). The van der Waals surface area contributed by atoms with E-state index in [1.165, 1.54) is 12.1 Å². The Labute approximate surface area is 150 Å². The first kappa shape index (κ1) is 16.4. The van der Waals surface area contributed by atoms with E-state index in [1.54, 1.807) is 29.2 Å². The van der Waals surface area contributed by atoms with E-state index in [4.69, 9.17) is 0 Å². The molecule has 2 aromatic heterocycles. The number of hydrogen-bond acceptors (Lipinski definition) is 4. The topological polar surface area (TPSA) is 72.7 Å². The number of anilines is 1. The lowest BCUT2D eigenvalue weighted by atomic mass is 9.95. The molecule has 1 saturated carbocycles. The third-order valence-electron chi connectivity index (χ3n) is 4.68. The Balaban J connectivity index is 1.51. The van der Waals surface area contributed by atoms with Crippen molar-refractivity contribution in [3.63, 3.8) is 0 Å². The molecule has 0 radical (unpaired) electrons. The molecule has 1 fully saturated rings. The molecule has 1 amide bonds. The molecule has 1 aliphatic rings. The van der Waals surface area contributed by atoms with Gasteiger partial charge < -0.3 is 5.32 Å². The number of aryl methyl sites for hydroxylation is 2. The second-order valence-electron chi connectivity index (χ2n) is 6.65. The lowest BCUT2D eigenvalue weighted by Crippen LogP contribution is -2.28. The van der Waals surface area contributed by atoms with Gasteiger partial charge in [0.2, 0.25) is 5.91 Å². The molecule has 1 aliphatic carbocycles. The minimum atomic E-state index is -0.581. The van der Waals surface area contributed by atoms with Gasteiger partial charge in [-0.2, -0.15) is 5.10 Å². The summed E-state index contributed by atoms with van der Waals surface area (Å²) in [6, 6.07) is 8.05. The first-order valence-electron chi connectivity index (χ1n) is 8.41. The monoisotopic (exact) mass is 351 g/mol. The van der Waals surface area contributed by atoms with Crippen LogP contribution < -0.4 is 5.32 Å². The van der Waals surface area contributed by atoms with Gasteiger partial charge in [-0.25, -0.2) is 19.0 Å². The molecule has 0 saturated heterocycles. The lowest BCUT2D eigenvalue weighted by molar-refractivity contribution is -0.118. The zero-order valence-corrected chi connectivity index (χ0v) is 14.5. The predicted molar refractivity (Wildman–Crippen MR) is 94.6 cm³/mol. The quantitative estimate of drug-likeness (QED) is 0.784. The van der Waals surface area contributed by atoms with Crippen molar-refractivity contribution in [3.05, 3.63) is 65.5 Å². The van der Waals surface area contributed by atoms with Crippen LogP contribution in [0.4, 0.5) is 10.1 Å². The average molecular weight is 351 g/mol. The van der Waals surface area contributed by atoms with Gasteiger partial charge in [0, 0.05) is 5.69 Å². The first-order chi connectivity index (χ1) is 12.5. The fourth-order valence-electron chi connectivity index (χ4n) is 3.12. The number of nitrogens with zero attached hydrogens (tertiary/aromatic N) is 4. The van der Waals surface area contributed by atoms with E-state index in [0.29, 0.717) is 11.6 Å². The van der Waals surface area contributed by atoms with E-state index in [1.807, 2.05) is 19.9 Å². The number of rotatable bonds is 4. The van der Waals surface area contributed by atoms with Crippen molar-refractivity contribution in [1.82, 2.24) is 19.7 Å². The molecule has 6 nitrogen and oxygen atoms in total. The van der Waals surface area contributed by atoms with Gasteiger partial charge in [-0.1, -0.05) is 12.1 Å². The Morgan fingerprint density at radius 2 is 1.81 bits per heavy atom. The van der Waals surface area contributed by atoms with E-state index < -0.39 is 5.41 Å². The smallest absolute Gasteiger partial charge is 0.250 e. The van der Waals surface area contributed by atoms with Crippen LogP contribution in [0.15, 0.2) is 42.7 Å². The summed E-state index contributed by atoms with van der Waals surface area (Å²) in [5.41, 5.74) is 2.60. The second kappa shape index (κ2) is 6.01. The normalized spacial score (nSPS) is 14.9. The molecule has 0 unspecified atom stereocenters. The van der Waals surface area contributed by atoms with Crippen LogP contribution in [0.5, 0.6) is 0 Å². The molecule has 1 aromatic carbocycles. The summed E-state index contributed by atoms with van der Waals surface area (Å²) in [4.78, 5) is 21.3. The minimum Gasteiger partial charge on any atom is -0.323 e. The van der Waals surface area contributed by atoms with Gasteiger partial charge in [-0.3, -0.25) is 4.79 Å². The van der Waals surface area contributed by atoms with Crippen molar-refractivity contribution >= 4 is 11.6 Å². The Hall–Kier alpha value is -3.09. The molecule has 0 aliphatic heterocycles. The number of hydrogen-bond donors (Lipinski definition) is 1. The highest BCUT2D eigenvalue weighted by molar-refractivity contribution is 6.01. The van der Waals surface area contributed by atoms with E-state index in [-0.39, 0.29) is 11.7 Å². The molecule has 0 atom stereocenters. The lowest BCUT2D eigenvalue weighted by Gasteiger charge is -2.15. The van der Waals surface area contributed by atoms with Gasteiger partial charge in [0.1, 0.15) is 5.82 Å². The number of nitrogens with one attached hydrogen (secondary N) is 1. The van der Waals surface area contributed by atoms with Crippen LogP contribution in [0.3, 0.4) is 0 Å². The van der Waals surface area contributed by atoms with E-state index in [9.17, 15) is 9.18 Å². The highest BCUT2D eigenvalue weighted by Gasteiger charge is 2.51. The maximum atomic E-state index is 13.1. The van der Waals surface area contributed by atoms with Crippen LogP contribution in [0.1, 0.15) is 29.8 Å². The second-order valence-corrected chi connectivity index (χ2v) is 6.65. The van der Waals surface area contributed by atoms with Crippen molar-refractivity contribution in [1.29, 1.82) is 0 Å². The van der Waals surface area contributed by atoms with Crippen LogP contribution >= 0.6 is 0 Å². The zero-order valence-electron chi connectivity index (χ0n) is 14.5. The Morgan fingerprint density at radius 1 is 1.15 bits per heavy atom. The van der Waals surface area contributed by atoms with Crippen molar-refractivity contribution in [2.24, 2.45) is 0 Å². The molecule has 0 bridgehead atoms. The molecule has 132 valence electrons. The molecule has 26 heavy (non-hydrogen) atoms. The van der Waals surface area contributed by atoms with Gasteiger partial charge in [-0.15, -0.1) is 0 Å². The summed E-state index contributed by atoms with van der Waals surface area (Å²) in [7, 11) is 0. The number of carbonyl (C=O) groups is 1. The summed E-state index contributed by atoms with van der Waals surface area (Å²) in [6.45, 7) is 3.83. The first-order valence-corrected chi connectivity index (χ1v) is 8.41. The van der Waals surface area contributed by atoms with E-state index in [2.05, 4.69) is 20.4 Å². The van der Waals surface area contributed by atoms with Gasteiger partial charge in [0.15, 0.2) is 0 Å². The van der Waals surface area contributed by atoms with Crippen LogP contribution in [0, 0.1) is 19.7 Å². The van der Waals surface area contributed by atoms with Crippen molar-refractivity contribution in [2.45, 2.75) is 32.1 Å². The van der Waals surface area contributed by atoms with Gasteiger partial charge >= 0.3 is 0 Å². The van der Waals surface area contributed by atoms with Crippen molar-refractivity contribution in [2.75, 3.05) is 5.32 Å². The summed E-state index contributed by atoms with van der Waals surface area (Å²) in [6.07, 6.45) is 4.62. The SMILES string of the molecule is Cc1cc(C)n(-c2ncc(NC(=O)C3(c4ccc(F)cc4)CC3)cn2)n1. The molecular formula is C19H18FN5O. The number of amides is 1. The summed E-state index contributed by atoms with van der Waals surface area (Å²) >= 11 is 0. The molecule has 2 heterocycles. The maximum Gasteiger partial charge on any atom is 0.250 e. The van der Waals surface area contributed by atoms with Crippen LogP contribution in [0.25, 0.3) is 5.95 Å². The third-order valence-corrected chi connectivity index (χ3v) is 4.68. The Kier molecular flexibility index (Phi) is 3.79. The number of benzene rings is 1. The van der Waals surface area contributed by atoms with Gasteiger partial charge in [0.25, 0.3) is 5.95 Å². The summed E-state index contributed by atoms with van der Waals surface area (Å²) < 4.78 is 14.8. The summed E-state index contributed by atoms with van der Waals surface area (Å²) in [5.74, 6) is 0.0259. The molecular weight excluding hydrogens is 333 g/mol. The van der Waals surface area contributed by atoms with Crippen LogP contribution in [-0.2, 0) is 10.2 Å². The Bertz CT molecular complexity index is 959. The van der Waals surface area contributed by atoms with Gasteiger partial charge in [-0.05, 0) is 50.5 Å². The number of halogens is 1. The van der Waals surface area contributed by atoms with Gasteiger partial charge in [0.05, 0.1) is 29.2 Å². The number of aromatic nitrogens is 4. The van der Waals surface area contributed by atoms with Crippen molar-refractivity contribution < 1.29 is 9.18 Å². The van der Waals surface area contributed by atoms with Crippen molar-refractivity contribution in [3.8, 4) is 5.95 Å². The summed E-state index contributed by atoms with van der Waals surface area (Å²) in [5, 5.41) is 7.21. The highest BCUT2D eigenvalue weighted by atomic mass is 19.1. The minimum absolute atomic E-state index is 0.119. The van der Waals surface area contributed by atoms with E-state index >= 15 is 0 Å². The highest BCUT2D eigenvalue weighted by Crippen LogP contribution is 2.49. The molecule has 0 spiro atoms. The predicted octanol–water partition coefficient (Wildman–Crippen LogP) is 3.09. The fraction of sp³-hybridized carbons (Fsp3) is 0.263. The molecule has 7 heteroatoms. The fourth-order valence-corrected chi connectivity index (χ4v) is 3.12. The van der Waals surface area contributed by atoms with Crippen LogP contribution in [0.2, 0.25) is 0 Å². The Morgan fingerprint density at radius 3 is 2.35 bits per heavy atom. The maximum absolute atomic E-state index is 13.1. The molecule has 4 rings (SSSR count).